The predicted molar refractivity (Wildman–Crippen MR) is 138 cm³/mol. The lowest BCUT2D eigenvalue weighted by Gasteiger charge is -2.20. The van der Waals surface area contributed by atoms with Gasteiger partial charge in [-0.3, -0.25) is 4.79 Å². The molecular weight excluding hydrogens is 478 g/mol. The van der Waals surface area contributed by atoms with Crippen molar-refractivity contribution in [1.29, 1.82) is 0 Å². The molecule has 192 valence electrons. The molecule has 2 aliphatic rings. The molecule has 0 bridgehead atoms. The van der Waals surface area contributed by atoms with Crippen LogP contribution in [0, 0.1) is 5.92 Å². The number of likely N-dealkylation sites (N-methyl/N-ethyl adjacent to an activating group) is 1. The van der Waals surface area contributed by atoms with Gasteiger partial charge in [0.2, 0.25) is 5.91 Å². The quantitative estimate of drug-likeness (QED) is 0.276. The Hall–Kier alpha value is -2.76. The van der Waals surface area contributed by atoms with E-state index in [1.807, 2.05) is 13.1 Å². The molecule has 10 nitrogen and oxygen atoms in total. The van der Waals surface area contributed by atoms with E-state index in [1.54, 1.807) is 16.4 Å². The van der Waals surface area contributed by atoms with Gasteiger partial charge < -0.3 is 20.8 Å². The van der Waals surface area contributed by atoms with Gasteiger partial charge in [0.15, 0.2) is 22.1 Å². The molecule has 2 aromatic heterocycles. The standard InChI is InChI=1S/C25H33N7O3S/c1-3-11-36-25-27-23(31(2)17-13-16(17)14-7-5-4-6-8-14)20-24(28-25)32(30-29-20)18-12-15(9-10-19(26)33)21(34)22(18)35/h4-8,15-18,21-22,34-35H,3,9-13H2,1-2H3,(H2,26,33). The van der Waals surface area contributed by atoms with Gasteiger partial charge in [-0.1, -0.05) is 54.2 Å². The number of nitrogens with zero attached hydrogens (tertiary/aromatic N) is 6. The van der Waals surface area contributed by atoms with E-state index < -0.39 is 24.2 Å². The van der Waals surface area contributed by atoms with Crippen LogP contribution in [-0.2, 0) is 4.79 Å². The Bertz CT molecular complexity index is 1220. The van der Waals surface area contributed by atoms with Crippen LogP contribution < -0.4 is 10.6 Å². The van der Waals surface area contributed by atoms with Crippen LogP contribution in [0.4, 0.5) is 5.82 Å². The third-order valence-corrected chi connectivity index (χ3v) is 8.44. The molecule has 0 radical (unpaired) electrons. The number of fused-ring (bicyclic) bond motifs is 1. The first-order chi connectivity index (χ1) is 17.4. The van der Waals surface area contributed by atoms with E-state index in [9.17, 15) is 15.0 Å². The average molecular weight is 512 g/mol. The van der Waals surface area contributed by atoms with Crippen LogP contribution in [0.15, 0.2) is 35.5 Å². The summed E-state index contributed by atoms with van der Waals surface area (Å²) in [6.07, 6.45) is 1.05. The number of nitrogens with two attached hydrogens (primary N) is 1. The summed E-state index contributed by atoms with van der Waals surface area (Å²) in [5, 5.41) is 31.0. The minimum Gasteiger partial charge on any atom is -0.390 e. The number of aliphatic hydroxyl groups excluding tert-OH is 2. The second-order valence-electron chi connectivity index (χ2n) is 9.86. The number of hydrogen-bond donors (Lipinski definition) is 3. The lowest BCUT2D eigenvalue weighted by atomic mass is 9.99. The number of aromatic nitrogens is 5. The molecule has 3 aromatic rings. The Morgan fingerprint density at radius 2 is 1.97 bits per heavy atom. The highest BCUT2D eigenvalue weighted by atomic mass is 32.2. The first kappa shape index (κ1) is 24.9. The fourth-order valence-corrected chi connectivity index (χ4v) is 5.99. The number of benzene rings is 1. The minimum atomic E-state index is -1.04. The normalized spacial score (nSPS) is 27.4. The minimum absolute atomic E-state index is 0.165. The lowest BCUT2D eigenvalue weighted by Crippen LogP contribution is -2.30. The Morgan fingerprint density at radius 1 is 1.19 bits per heavy atom. The van der Waals surface area contributed by atoms with Crippen LogP contribution in [0.5, 0.6) is 0 Å². The van der Waals surface area contributed by atoms with Crippen molar-refractivity contribution in [3.05, 3.63) is 35.9 Å². The van der Waals surface area contributed by atoms with E-state index in [-0.39, 0.29) is 12.3 Å². The summed E-state index contributed by atoms with van der Waals surface area (Å²) in [6.45, 7) is 2.11. The van der Waals surface area contributed by atoms with Gasteiger partial charge >= 0.3 is 0 Å². The van der Waals surface area contributed by atoms with E-state index in [1.165, 1.54) is 5.56 Å². The fourth-order valence-electron chi connectivity index (χ4n) is 5.31. The number of hydrogen-bond acceptors (Lipinski definition) is 9. The molecule has 6 unspecified atom stereocenters. The smallest absolute Gasteiger partial charge is 0.217 e. The molecule has 0 aliphatic heterocycles. The van der Waals surface area contributed by atoms with Crippen molar-refractivity contribution in [2.75, 3.05) is 17.7 Å². The van der Waals surface area contributed by atoms with Crippen LogP contribution in [0.3, 0.4) is 0 Å². The monoisotopic (exact) mass is 511 g/mol. The highest BCUT2D eigenvalue weighted by Gasteiger charge is 2.45. The topological polar surface area (TPSA) is 143 Å². The Morgan fingerprint density at radius 3 is 2.69 bits per heavy atom. The number of carbonyl (C=O) groups excluding carboxylic acids is 1. The molecule has 2 heterocycles. The zero-order valence-electron chi connectivity index (χ0n) is 20.6. The number of carbonyl (C=O) groups is 1. The van der Waals surface area contributed by atoms with Gasteiger partial charge in [-0.15, -0.1) is 5.10 Å². The van der Waals surface area contributed by atoms with E-state index in [4.69, 9.17) is 15.7 Å². The van der Waals surface area contributed by atoms with Crippen molar-refractivity contribution in [2.24, 2.45) is 11.7 Å². The Labute approximate surface area is 214 Å². The van der Waals surface area contributed by atoms with Gasteiger partial charge in [0.1, 0.15) is 6.10 Å². The Kier molecular flexibility index (Phi) is 7.14. The summed E-state index contributed by atoms with van der Waals surface area (Å²) < 4.78 is 1.63. The van der Waals surface area contributed by atoms with Crippen molar-refractivity contribution in [3.8, 4) is 0 Å². The van der Waals surface area contributed by atoms with Crippen LogP contribution in [0.2, 0.25) is 0 Å². The molecule has 11 heteroatoms. The van der Waals surface area contributed by atoms with E-state index >= 15 is 0 Å². The summed E-state index contributed by atoms with van der Waals surface area (Å²) >= 11 is 1.58. The molecular formula is C25H33N7O3S. The molecule has 36 heavy (non-hydrogen) atoms. The molecule has 6 atom stereocenters. The summed E-state index contributed by atoms with van der Waals surface area (Å²) in [4.78, 5) is 23.1. The number of thioether (sulfide) groups is 1. The molecule has 2 fully saturated rings. The predicted octanol–water partition coefficient (Wildman–Crippen LogP) is 2.26. The molecule has 0 spiro atoms. The molecule has 1 aromatic carbocycles. The second-order valence-corrected chi connectivity index (χ2v) is 10.9. The first-order valence-electron chi connectivity index (χ1n) is 12.6. The maximum absolute atomic E-state index is 11.3. The number of amides is 1. The van der Waals surface area contributed by atoms with Crippen molar-refractivity contribution in [1.82, 2.24) is 25.0 Å². The van der Waals surface area contributed by atoms with Crippen LogP contribution in [-0.4, -0.2) is 72.1 Å². The number of rotatable bonds is 10. The van der Waals surface area contributed by atoms with Crippen LogP contribution in [0.25, 0.3) is 11.2 Å². The van der Waals surface area contributed by atoms with E-state index in [2.05, 4.69) is 46.4 Å². The molecule has 5 rings (SSSR count). The van der Waals surface area contributed by atoms with Gasteiger partial charge in [-0.25, -0.2) is 14.6 Å². The van der Waals surface area contributed by atoms with Crippen LogP contribution in [0.1, 0.15) is 56.6 Å². The molecule has 1 amide bonds. The van der Waals surface area contributed by atoms with E-state index in [0.29, 0.717) is 41.1 Å². The molecule has 0 saturated heterocycles. The summed E-state index contributed by atoms with van der Waals surface area (Å²) in [7, 11) is 2.04. The summed E-state index contributed by atoms with van der Waals surface area (Å²) in [5.74, 6) is 1.37. The van der Waals surface area contributed by atoms with Crippen molar-refractivity contribution in [3.63, 3.8) is 0 Å². The largest absolute Gasteiger partial charge is 0.390 e. The zero-order valence-corrected chi connectivity index (χ0v) is 21.4. The maximum Gasteiger partial charge on any atom is 0.217 e. The number of aliphatic hydroxyl groups is 2. The molecule has 4 N–H and O–H groups in total. The van der Waals surface area contributed by atoms with Crippen LogP contribution >= 0.6 is 11.8 Å². The summed E-state index contributed by atoms with van der Waals surface area (Å²) in [6, 6.07) is 10.3. The van der Waals surface area contributed by atoms with E-state index in [0.717, 1.165) is 24.4 Å². The Balaban J connectivity index is 1.46. The van der Waals surface area contributed by atoms with Gasteiger partial charge in [0.05, 0.1) is 12.1 Å². The lowest BCUT2D eigenvalue weighted by molar-refractivity contribution is -0.118. The third-order valence-electron chi connectivity index (χ3n) is 7.38. The second kappa shape index (κ2) is 10.3. The fraction of sp³-hybridized carbons (Fsp3) is 0.560. The van der Waals surface area contributed by atoms with Crippen molar-refractivity contribution < 1.29 is 15.0 Å². The zero-order chi connectivity index (χ0) is 25.4. The highest BCUT2D eigenvalue weighted by Crippen LogP contribution is 2.46. The van der Waals surface area contributed by atoms with Gasteiger partial charge in [0.25, 0.3) is 0 Å². The van der Waals surface area contributed by atoms with Crippen molar-refractivity contribution in [2.45, 2.75) is 74.4 Å². The number of primary amides is 1. The van der Waals surface area contributed by atoms with Gasteiger partial charge in [-0.2, -0.15) is 0 Å². The summed E-state index contributed by atoms with van der Waals surface area (Å²) in [5.41, 5.74) is 7.74. The van der Waals surface area contributed by atoms with Crippen molar-refractivity contribution >= 4 is 34.7 Å². The number of anilines is 1. The molecule has 2 aliphatic carbocycles. The maximum atomic E-state index is 11.3. The van der Waals surface area contributed by atoms with Gasteiger partial charge in [0, 0.05) is 31.2 Å². The molecule has 2 saturated carbocycles. The SMILES string of the molecule is CCCSc1nc(N(C)C2CC2c2ccccc2)c2nnn(C3CC(CCC(N)=O)C(O)C3O)c2n1. The average Bonchev–Trinajstić information content (AvgIpc) is 3.50. The third kappa shape index (κ3) is 4.79. The first-order valence-corrected chi connectivity index (χ1v) is 13.6. The highest BCUT2D eigenvalue weighted by molar-refractivity contribution is 7.99. The van der Waals surface area contributed by atoms with Gasteiger partial charge in [-0.05, 0) is 37.2 Å².